The minimum atomic E-state index is -0.117. The zero-order chi connectivity index (χ0) is 20.9. The van der Waals surface area contributed by atoms with Gasteiger partial charge in [-0.2, -0.15) is 0 Å². The molecule has 0 unspecified atom stereocenters. The van der Waals surface area contributed by atoms with Crippen molar-refractivity contribution in [2.24, 2.45) is 0 Å². The molecule has 1 aromatic carbocycles. The largest absolute Gasteiger partial charge is 0.474 e. The maximum Gasteiger partial charge on any atom is 0.256 e. The number of hydrogen-bond acceptors (Lipinski definition) is 5. The van der Waals surface area contributed by atoms with Crippen LogP contribution in [0, 0.1) is 6.92 Å². The second-order valence-corrected chi connectivity index (χ2v) is 7.69. The average molecular weight is 409 g/mol. The molecule has 7 heteroatoms. The first-order valence-corrected chi connectivity index (χ1v) is 10.2. The van der Waals surface area contributed by atoms with Gasteiger partial charge in [-0.25, -0.2) is 4.98 Å². The van der Waals surface area contributed by atoms with Crippen LogP contribution in [0.4, 0.5) is 11.4 Å². The molecule has 0 fully saturated rings. The lowest BCUT2D eigenvalue weighted by molar-refractivity contribution is -0.110. The van der Waals surface area contributed by atoms with Crippen LogP contribution in [0.2, 0.25) is 0 Å². The van der Waals surface area contributed by atoms with E-state index in [1.165, 1.54) is 0 Å². The Balaban J connectivity index is 1.45. The van der Waals surface area contributed by atoms with Gasteiger partial charge < -0.3 is 20.4 Å². The van der Waals surface area contributed by atoms with Gasteiger partial charge in [0.2, 0.25) is 5.88 Å². The van der Waals surface area contributed by atoms with E-state index in [0.29, 0.717) is 18.1 Å². The number of ether oxygens (including phenoxy) is 1. The molecule has 0 aliphatic carbocycles. The quantitative estimate of drug-likeness (QED) is 0.431. The zero-order valence-electron chi connectivity index (χ0n) is 16.8. The molecule has 0 saturated heterocycles. The minimum Gasteiger partial charge on any atom is -0.474 e. The number of nitrogens with one attached hydrogen (secondary N) is 3. The van der Waals surface area contributed by atoms with E-state index in [4.69, 9.17) is 4.74 Å². The maximum atomic E-state index is 12.7. The molecule has 0 saturated carbocycles. The first-order valence-electron chi connectivity index (χ1n) is 10.2. The first kappa shape index (κ1) is 17.7. The molecule has 7 nitrogen and oxygen atoms in total. The number of carbonyl (C=O) groups is 1. The van der Waals surface area contributed by atoms with Crippen LogP contribution in [0.3, 0.4) is 0 Å². The Morgan fingerprint density at radius 3 is 2.97 bits per heavy atom. The lowest BCUT2D eigenvalue weighted by Gasteiger charge is -2.21. The summed E-state index contributed by atoms with van der Waals surface area (Å²) in [5.74, 6) is 0.521. The lowest BCUT2D eigenvalue weighted by atomic mass is 9.96. The highest BCUT2D eigenvalue weighted by Gasteiger charge is 2.26. The van der Waals surface area contributed by atoms with Crippen molar-refractivity contribution in [1.29, 1.82) is 0 Å². The zero-order valence-corrected chi connectivity index (χ0v) is 16.8. The highest BCUT2D eigenvalue weighted by atomic mass is 16.5. The number of aromatic nitrogens is 3. The van der Waals surface area contributed by atoms with Crippen molar-refractivity contribution >= 4 is 40.0 Å². The topological polar surface area (TPSA) is 91.9 Å². The SMILES string of the molecule is Cc1c(-c2ccc3c(c2)C(=Cc2cc4ncccc4[nH]2)C(=O)N3)cnc2c1NCCO2. The Hall–Kier alpha value is -4.13. The number of amides is 1. The van der Waals surface area contributed by atoms with Gasteiger partial charge in [0.1, 0.15) is 12.3 Å². The van der Waals surface area contributed by atoms with Crippen LogP contribution >= 0.6 is 0 Å². The molecule has 1 amide bonds. The molecular formula is C24H19N5O2. The molecule has 2 aliphatic rings. The summed E-state index contributed by atoms with van der Waals surface area (Å²) in [6, 6.07) is 11.8. The number of benzene rings is 1. The van der Waals surface area contributed by atoms with Crippen molar-refractivity contribution in [1.82, 2.24) is 15.0 Å². The summed E-state index contributed by atoms with van der Waals surface area (Å²) in [6.07, 6.45) is 5.46. The number of fused-ring (bicyclic) bond motifs is 3. The third-order valence-corrected chi connectivity index (χ3v) is 5.77. The summed E-state index contributed by atoms with van der Waals surface area (Å²) in [7, 11) is 0. The Morgan fingerprint density at radius 2 is 2.06 bits per heavy atom. The number of pyridine rings is 2. The number of aromatic amines is 1. The van der Waals surface area contributed by atoms with Crippen molar-refractivity contribution in [3.8, 4) is 17.0 Å². The monoisotopic (exact) mass is 409 g/mol. The standard InChI is InChI=1S/C24H19N5O2/c1-13-18(12-27-24-22(13)26-7-8-31-24)14-4-5-19-16(9-14)17(23(30)29-19)10-15-11-21-20(28-15)3-2-6-25-21/h2-6,9-12,26,28H,7-8H2,1H3,(H,29,30). The van der Waals surface area contributed by atoms with Crippen molar-refractivity contribution < 1.29 is 9.53 Å². The summed E-state index contributed by atoms with van der Waals surface area (Å²) in [5, 5.41) is 6.34. The fraction of sp³-hybridized carbons (Fsp3) is 0.125. The number of carbonyl (C=O) groups excluding carboxylic acids is 1. The number of hydrogen-bond donors (Lipinski definition) is 3. The van der Waals surface area contributed by atoms with E-state index in [2.05, 4.69) is 32.5 Å². The summed E-state index contributed by atoms with van der Waals surface area (Å²) < 4.78 is 5.65. The Bertz CT molecular complexity index is 1370. The van der Waals surface area contributed by atoms with Crippen LogP contribution in [0.15, 0.2) is 48.8 Å². The number of H-pyrrole nitrogens is 1. The molecule has 5 heterocycles. The van der Waals surface area contributed by atoms with E-state index in [0.717, 1.165) is 56.9 Å². The van der Waals surface area contributed by atoms with Crippen LogP contribution < -0.4 is 15.4 Å². The molecule has 0 atom stereocenters. The van der Waals surface area contributed by atoms with Crippen LogP contribution in [-0.4, -0.2) is 34.0 Å². The molecule has 2 aliphatic heterocycles. The average Bonchev–Trinajstić information content (AvgIpc) is 3.34. The van der Waals surface area contributed by atoms with Gasteiger partial charge >= 0.3 is 0 Å². The van der Waals surface area contributed by atoms with Gasteiger partial charge in [0, 0.05) is 41.4 Å². The highest BCUT2D eigenvalue weighted by molar-refractivity contribution is 6.35. The minimum absolute atomic E-state index is 0.117. The normalized spacial score (nSPS) is 15.9. The first-order chi connectivity index (χ1) is 15.2. The molecule has 4 aromatic rings. The fourth-order valence-corrected chi connectivity index (χ4v) is 4.22. The fourth-order valence-electron chi connectivity index (χ4n) is 4.22. The van der Waals surface area contributed by atoms with Gasteiger partial charge in [-0.05, 0) is 54.5 Å². The smallest absolute Gasteiger partial charge is 0.256 e. The van der Waals surface area contributed by atoms with Crippen LogP contribution in [0.5, 0.6) is 5.88 Å². The summed E-state index contributed by atoms with van der Waals surface area (Å²) in [4.78, 5) is 24.9. The Morgan fingerprint density at radius 1 is 1.13 bits per heavy atom. The van der Waals surface area contributed by atoms with Gasteiger partial charge in [-0.3, -0.25) is 9.78 Å². The predicted molar refractivity (Wildman–Crippen MR) is 121 cm³/mol. The summed E-state index contributed by atoms with van der Waals surface area (Å²) in [6.45, 7) is 3.43. The molecule has 152 valence electrons. The van der Waals surface area contributed by atoms with E-state index in [1.54, 1.807) is 6.20 Å². The molecule has 6 rings (SSSR count). The summed E-state index contributed by atoms with van der Waals surface area (Å²) >= 11 is 0. The van der Waals surface area contributed by atoms with Gasteiger partial charge in [0.05, 0.1) is 16.6 Å². The Kier molecular flexibility index (Phi) is 3.83. The molecule has 3 aromatic heterocycles. The highest BCUT2D eigenvalue weighted by Crippen LogP contribution is 2.39. The second-order valence-electron chi connectivity index (χ2n) is 7.69. The van der Waals surface area contributed by atoms with Crippen LogP contribution in [0.1, 0.15) is 16.8 Å². The van der Waals surface area contributed by atoms with Crippen LogP contribution in [0.25, 0.3) is 33.8 Å². The predicted octanol–water partition coefficient (Wildman–Crippen LogP) is 4.23. The molecule has 3 N–H and O–H groups in total. The number of nitrogens with zero attached hydrogens (tertiary/aromatic N) is 2. The molecule has 0 bridgehead atoms. The second kappa shape index (κ2) is 6.70. The van der Waals surface area contributed by atoms with Crippen molar-refractivity contribution in [3.63, 3.8) is 0 Å². The van der Waals surface area contributed by atoms with Gasteiger partial charge in [-0.15, -0.1) is 0 Å². The lowest BCUT2D eigenvalue weighted by Crippen LogP contribution is -2.20. The van der Waals surface area contributed by atoms with E-state index in [1.807, 2.05) is 48.7 Å². The van der Waals surface area contributed by atoms with Crippen molar-refractivity contribution in [3.05, 3.63) is 65.6 Å². The molecule has 31 heavy (non-hydrogen) atoms. The number of rotatable bonds is 2. The third-order valence-electron chi connectivity index (χ3n) is 5.77. The van der Waals surface area contributed by atoms with Crippen molar-refractivity contribution in [2.75, 3.05) is 23.8 Å². The van der Waals surface area contributed by atoms with Gasteiger partial charge in [0.25, 0.3) is 5.91 Å². The molecule has 0 spiro atoms. The van der Waals surface area contributed by atoms with E-state index < -0.39 is 0 Å². The third kappa shape index (κ3) is 2.85. The van der Waals surface area contributed by atoms with Gasteiger partial charge in [0.15, 0.2) is 0 Å². The molecule has 0 radical (unpaired) electrons. The van der Waals surface area contributed by atoms with E-state index in [9.17, 15) is 4.79 Å². The van der Waals surface area contributed by atoms with E-state index in [-0.39, 0.29) is 5.91 Å². The van der Waals surface area contributed by atoms with Gasteiger partial charge in [-0.1, -0.05) is 6.07 Å². The molecular weight excluding hydrogens is 390 g/mol. The van der Waals surface area contributed by atoms with Crippen LogP contribution in [-0.2, 0) is 4.79 Å². The maximum absolute atomic E-state index is 12.7. The van der Waals surface area contributed by atoms with Crippen molar-refractivity contribution in [2.45, 2.75) is 6.92 Å². The van der Waals surface area contributed by atoms with E-state index >= 15 is 0 Å². The summed E-state index contributed by atoms with van der Waals surface area (Å²) in [5.41, 5.74) is 8.95. The Labute approximate surface area is 178 Å². The number of anilines is 2.